The molecule has 2 heteroatoms. The van der Waals surface area contributed by atoms with Crippen molar-refractivity contribution in [2.24, 2.45) is 0 Å². The van der Waals surface area contributed by atoms with Crippen LogP contribution in [0.1, 0.15) is 33.6 Å². The Morgan fingerprint density at radius 1 is 1.54 bits per heavy atom. The van der Waals surface area contributed by atoms with Crippen molar-refractivity contribution in [3.05, 3.63) is 12.2 Å². The molecular weight excluding hydrogens is 162 g/mol. The molecule has 0 amide bonds. The summed E-state index contributed by atoms with van der Waals surface area (Å²) in [7, 11) is 1.98. The largest absolute Gasteiger partial charge is 0.377 e. The van der Waals surface area contributed by atoms with Crippen molar-refractivity contribution in [1.29, 1.82) is 0 Å². The van der Waals surface area contributed by atoms with E-state index in [1.165, 1.54) is 5.57 Å². The maximum absolute atomic E-state index is 5.53. The molecule has 0 fully saturated rings. The van der Waals surface area contributed by atoms with E-state index in [1.54, 1.807) is 0 Å². The van der Waals surface area contributed by atoms with E-state index in [4.69, 9.17) is 4.74 Å². The van der Waals surface area contributed by atoms with Crippen LogP contribution in [0.3, 0.4) is 0 Å². The van der Waals surface area contributed by atoms with Gasteiger partial charge >= 0.3 is 0 Å². The van der Waals surface area contributed by atoms with Crippen molar-refractivity contribution >= 4 is 0 Å². The number of allylic oxidation sites excluding steroid dienone is 1. The highest BCUT2D eigenvalue weighted by Crippen LogP contribution is 2.09. The smallest absolute Gasteiger partial charge is 0.0699 e. The molecule has 0 aliphatic rings. The molecule has 0 radical (unpaired) electrons. The van der Waals surface area contributed by atoms with Crippen molar-refractivity contribution < 1.29 is 4.74 Å². The molecule has 0 aromatic rings. The van der Waals surface area contributed by atoms with E-state index in [9.17, 15) is 0 Å². The van der Waals surface area contributed by atoms with Crippen LogP contribution in [0.15, 0.2) is 12.2 Å². The third-order valence-corrected chi connectivity index (χ3v) is 2.25. The average Bonchev–Trinajstić information content (AvgIpc) is 2.05. The zero-order valence-corrected chi connectivity index (χ0v) is 9.39. The van der Waals surface area contributed by atoms with Crippen LogP contribution < -0.4 is 5.32 Å². The quantitative estimate of drug-likeness (QED) is 0.615. The first-order chi connectivity index (χ1) is 6.11. The second-order valence-corrected chi connectivity index (χ2v) is 3.55. The molecule has 0 heterocycles. The van der Waals surface area contributed by atoms with Gasteiger partial charge in [-0.25, -0.2) is 0 Å². The van der Waals surface area contributed by atoms with Crippen LogP contribution in [0.5, 0.6) is 0 Å². The highest BCUT2D eigenvalue weighted by Gasteiger charge is 2.14. The number of hydrogen-bond acceptors (Lipinski definition) is 2. The molecule has 2 unspecified atom stereocenters. The number of ether oxygens (including phenoxy) is 1. The van der Waals surface area contributed by atoms with Gasteiger partial charge in [0.25, 0.3) is 0 Å². The predicted octanol–water partition coefficient (Wildman–Crippen LogP) is 2.36. The first-order valence-corrected chi connectivity index (χ1v) is 5.05. The van der Waals surface area contributed by atoms with Gasteiger partial charge in [-0.05, 0) is 40.7 Å². The van der Waals surface area contributed by atoms with E-state index in [0.29, 0.717) is 6.04 Å². The summed E-state index contributed by atoms with van der Waals surface area (Å²) in [5, 5.41) is 3.28. The Kier molecular flexibility index (Phi) is 6.92. The Bertz CT molecular complexity index is 145. The van der Waals surface area contributed by atoms with E-state index in [2.05, 4.69) is 25.7 Å². The first kappa shape index (κ1) is 12.7. The lowest BCUT2D eigenvalue weighted by atomic mass is 10.0. The maximum atomic E-state index is 5.53. The summed E-state index contributed by atoms with van der Waals surface area (Å²) in [5.74, 6) is 0. The minimum atomic E-state index is 0.286. The molecular formula is C11H23NO. The van der Waals surface area contributed by atoms with Gasteiger partial charge in [-0.3, -0.25) is 0 Å². The molecule has 78 valence electrons. The van der Waals surface area contributed by atoms with Gasteiger partial charge in [0, 0.05) is 12.6 Å². The summed E-state index contributed by atoms with van der Waals surface area (Å²) < 4.78 is 5.53. The molecule has 1 N–H and O–H groups in total. The fraction of sp³-hybridized carbons (Fsp3) is 0.818. The van der Waals surface area contributed by atoms with Gasteiger partial charge in [0.15, 0.2) is 0 Å². The van der Waals surface area contributed by atoms with Crippen LogP contribution in [-0.2, 0) is 4.74 Å². The highest BCUT2D eigenvalue weighted by molar-refractivity contribution is 4.90. The molecule has 0 spiro atoms. The average molecular weight is 185 g/mol. The molecule has 13 heavy (non-hydrogen) atoms. The lowest BCUT2D eigenvalue weighted by Crippen LogP contribution is -2.37. The topological polar surface area (TPSA) is 21.3 Å². The summed E-state index contributed by atoms with van der Waals surface area (Å²) >= 11 is 0. The maximum Gasteiger partial charge on any atom is 0.0699 e. The number of likely N-dealkylation sites (N-methyl/N-ethyl adjacent to an activating group) is 1. The monoisotopic (exact) mass is 185 g/mol. The third kappa shape index (κ3) is 5.83. The second kappa shape index (κ2) is 7.10. The molecule has 0 saturated heterocycles. The predicted molar refractivity (Wildman–Crippen MR) is 58.0 cm³/mol. The van der Waals surface area contributed by atoms with Crippen molar-refractivity contribution in [2.45, 2.75) is 45.8 Å². The van der Waals surface area contributed by atoms with Crippen molar-refractivity contribution in [3.63, 3.8) is 0 Å². The molecule has 0 saturated carbocycles. The summed E-state index contributed by atoms with van der Waals surface area (Å²) in [4.78, 5) is 0. The standard InChI is InChI=1S/C11H23NO/c1-6-13-10(4)11(12-5)8-7-9(2)3/h10-12H,2,6-8H2,1,3-5H3. The van der Waals surface area contributed by atoms with E-state index in [0.717, 1.165) is 19.4 Å². The van der Waals surface area contributed by atoms with Gasteiger partial charge < -0.3 is 10.1 Å². The Labute approximate surface area is 82.4 Å². The molecule has 2 atom stereocenters. The lowest BCUT2D eigenvalue weighted by Gasteiger charge is -2.23. The second-order valence-electron chi connectivity index (χ2n) is 3.55. The molecule has 0 aromatic heterocycles. The number of rotatable bonds is 7. The lowest BCUT2D eigenvalue weighted by molar-refractivity contribution is 0.0474. The highest BCUT2D eigenvalue weighted by atomic mass is 16.5. The van der Waals surface area contributed by atoms with Crippen LogP contribution in [0.4, 0.5) is 0 Å². The van der Waals surface area contributed by atoms with Gasteiger partial charge in [-0.15, -0.1) is 6.58 Å². The summed E-state index contributed by atoms with van der Waals surface area (Å²) in [6, 6.07) is 0.441. The van der Waals surface area contributed by atoms with Gasteiger partial charge in [0.1, 0.15) is 0 Å². The number of nitrogens with one attached hydrogen (secondary N) is 1. The molecule has 0 aliphatic heterocycles. The van der Waals surface area contributed by atoms with E-state index in [1.807, 2.05) is 14.0 Å². The fourth-order valence-corrected chi connectivity index (χ4v) is 1.39. The third-order valence-electron chi connectivity index (χ3n) is 2.25. The molecule has 0 rings (SSSR count). The van der Waals surface area contributed by atoms with E-state index < -0.39 is 0 Å². The van der Waals surface area contributed by atoms with E-state index in [-0.39, 0.29) is 6.10 Å². The van der Waals surface area contributed by atoms with Crippen LogP contribution in [0.25, 0.3) is 0 Å². The first-order valence-electron chi connectivity index (χ1n) is 5.05. The summed E-state index contributed by atoms with van der Waals surface area (Å²) in [5.41, 5.74) is 1.24. The normalized spacial score (nSPS) is 15.4. The fourth-order valence-electron chi connectivity index (χ4n) is 1.39. The van der Waals surface area contributed by atoms with Gasteiger partial charge in [0.2, 0.25) is 0 Å². The van der Waals surface area contributed by atoms with E-state index >= 15 is 0 Å². The molecule has 0 aliphatic carbocycles. The van der Waals surface area contributed by atoms with Crippen LogP contribution >= 0.6 is 0 Å². The Morgan fingerprint density at radius 2 is 2.15 bits per heavy atom. The SMILES string of the molecule is C=C(C)CCC(NC)C(C)OCC. The molecule has 0 aromatic carbocycles. The zero-order valence-electron chi connectivity index (χ0n) is 9.39. The number of hydrogen-bond donors (Lipinski definition) is 1. The molecule has 0 bridgehead atoms. The molecule has 2 nitrogen and oxygen atoms in total. The van der Waals surface area contributed by atoms with Crippen molar-refractivity contribution in [2.75, 3.05) is 13.7 Å². The van der Waals surface area contributed by atoms with Gasteiger partial charge in [0.05, 0.1) is 6.10 Å². The minimum Gasteiger partial charge on any atom is -0.377 e. The van der Waals surface area contributed by atoms with Crippen molar-refractivity contribution in [3.8, 4) is 0 Å². The summed E-state index contributed by atoms with van der Waals surface area (Å²) in [6.07, 6.45) is 2.46. The summed E-state index contributed by atoms with van der Waals surface area (Å²) in [6.45, 7) is 10.9. The Hall–Kier alpha value is -0.340. The van der Waals surface area contributed by atoms with Gasteiger partial charge in [-0.1, -0.05) is 5.57 Å². The van der Waals surface area contributed by atoms with Gasteiger partial charge in [-0.2, -0.15) is 0 Å². The van der Waals surface area contributed by atoms with Crippen LogP contribution in [-0.4, -0.2) is 25.8 Å². The van der Waals surface area contributed by atoms with Crippen LogP contribution in [0, 0.1) is 0 Å². The van der Waals surface area contributed by atoms with Crippen molar-refractivity contribution in [1.82, 2.24) is 5.32 Å². The van der Waals surface area contributed by atoms with Crippen LogP contribution in [0.2, 0.25) is 0 Å². The Balaban J connectivity index is 3.79. The zero-order chi connectivity index (χ0) is 10.3. The minimum absolute atomic E-state index is 0.286. The Morgan fingerprint density at radius 3 is 2.54 bits per heavy atom.